The number of carbonyl (C=O) groups excluding carboxylic acids is 1. The Balaban J connectivity index is 1.85. The van der Waals surface area contributed by atoms with Gasteiger partial charge in [-0.15, -0.1) is 0 Å². The molecule has 1 aromatic rings. The van der Waals surface area contributed by atoms with Crippen LogP contribution in [0, 0.1) is 6.92 Å². The lowest BCUT2D eigenvalue weighted by Gasteiger charge is -2.30. The van der Waals surface area contributed by atoms with Gasteiger partial charge in [-0.1, -0.05) is 24.3 Å². The summed E-state index contributed by atoms with van der Waals surface area (Å²) in [4.78, 5) is 16.4. The molecule has 1 saturated heterocycles. The number of rotatable bonds is 5. The molecule has 0 aliphatic carbocycles. The third kappa shape index (κ3) is 4.29. The summed E-state index contributed by atoms with van der Waals surface area (Å²) < 4.78 is 0. The maximum Gasteiger partial charge on any atom is 0.223 e. The largest absolute Gasteiger partial charge is 0.340 e. The van der Waals surface area contributed by atoms with Crippen LogP contribution in [0.5, 0.6) is 0 Å². The number of piperazine rings is 1. The van der Waals surface area contributed by atoms with Gasteiger partial charge < -0.3 is 10.2 Å². The highest BCUT2D eigenvalue weighted by atomic mass is 16.2. The molecule has 0 saturated carbocycles. The van der Waals surface area contributed by atoms with Crippen LogP contribution in [0.25, 0.3) is 0 Å². The van der Waals surface area contributed by atoms with Crippen molar-refractivity contribution in [3.05, 3.63) is 35.4 Å². The van der Waals surface area contributed by atoms with Crippen LogP contribution in [-0.4, -0.2) is 55.5 Å². The first-order valence-corrected chi connectivity index (χ1v) is 7.84. The highest BCUT2D eigenvalue weighted by Gasteiger charge is 2.18. The van der Waals surface area contributed by atoms with E-state index in [1.807, 2.05) is 4.90 Å². The summed E-state index contributed by atoms with van der Waals surface area (Å²) in [7, 11) is 2.10. The van der Waals surface area contributed by atoms with Gasteiger partial charge in [-0.3, -0.25) is 9.69 Å². The first-order valence-electron chi connectivity index (χ1n) is 7.84. The minimum absolute atomic E-state index is 0.278. The van der Waals surface area contributed by atoms with Crippen molar-refractivity contribution >= 4 is 5.91 Å². The van der Waals surface area contributed by atoms with Gasteiger partial charge in [0.25, 0.3) is 0 Å². The molecule has 1 amide bonds. The molecule has 2 rings (SSSR count). The molecule has 4 nitrogen and oxygen atoms in total. The highest BCUT2D eigenvalue weighted by molar-refractivity contribution is 5.76. The highest BCUT2D eigenvalue weighted by Crippen LogP contribution is 2.22. The predicted molar refractivity (Wildman–Crippen MR) is 86.3 cm³/mol. The van der Waals surface area contributed by atoms with Crippen LogP contribution in [0.4, 0.5) is 0 Å². The van der Waals surface area contributed by atoms with Gasteiger partial charge in [-0.05, 0) is 32.0 Å². The average Bonchev–Trinajstić information content (AvgIpc) is 2.53. The molecule has 116 valence electrons. The molecule has 0 aromatic heterocycles. The second kappa shape index (κ2) is 7.57. The third-order valence-corrected chi connectivity index (χ3v) is 4.45. The Morgan fingerprint density at radius 1 is 1.33 bits per heavy atom. The summed E-state index contributed by atoms with van der Waals surface area (Å²) in [5, 5.41) is 3.28. The standard InChI is InChI=1S/C17H27N3O/c1-14-6-4-5-7-16(14)15(2)19(3)11-8-17(21)20-12-9-18-10-13-20/h4-7,15,18H,8-13H2,1-3H3. The summed E-state index contributed by atoms with van der Waals surface area (Å²) in [5.74, 6) is 0.278. The molecule has 1 aromatic carbocycles. The quantitative estimate of drug-likeness (QED) is 0.898. The van der Waals surface area contributed by atoms with Crippen LogP contribution < -0.4 is 5.32 Å². The molecule has 0 radical (unpaired) electrons. The van der Waals surface area contributed by atoms with Gasteiger partial charge in [0.15, 0.2) is 0 Å². The topological polar surface area (TPSA) is 35.6 Å². The van der Waals surface area contributed by atoms with E-state index in [0.717, 1.165) is 32.7 Å². The molecule has 0 spiro atoms. The summed E-state index contributed by atoms with van der Waals surface area (Å²) in [6.45, 7) is 8.68. The number of aryl methyl sites for hydroxylation is 1. The Morgan fingerprint density at radius 2 is 2.00 bits per heavy atom. The number of hydrogen-bond acceptors (Lipinski definition) is 3. The van der Waals surface area contributed by atoms with E-state index in [1.54, 1.807) is 0 Å². The maximum absolute atomic E-state index is 12.2. The normalized spacial score (nSPS) is 17.0. The van der Waals surface area contributed by atoms with Crippen molar-refractivity contribution in [1.29, 1.82) is 0 Å². The fourth-order valence-corrected chi connectivity index (χ4v) is 2.83. The zero-order chi connectivity index (χ0) is 15.2. The average molecular weight is 289 g/mol. The Labute approximate surface area is 128 Å². The lowest BCUT2D eigenvalue weighted by Crippen LogP contribution is -2.47. The van der Waals surface area contributed by atoms with Gasteiger partial charge in [0.2, 0.25) is 5.91 Å². The van der Waals surface area contributed by atoms with Crippen molar-refractivity contribution in [2.24, 2.45) is 0 Å². The smallest absolute Gasteiger partial charge is 0.223 e. The maximum atomic E-state index is 12.2. The van der Waals surface area contributed by atoms with E-state index in [2.05, 4.69) is 55.4 Å². The van der Waals surface area contributed by atoms with Crippen LogP contribution in [0.15, 0.2) is 24.3 Å². The lowest BCUT2D eigenvalue weighted by molar-refractivity contribution is -0.132. The van der Waals surface area contributed by atoms with Crippen LogP contribution in [0.2, 0.25) is 0 Å². The monoisotopic (exact) mass is 289 g/mol. The minimum Gasteiger partial charge on any atom is -0.340 e. The van der Waals surface area contributed by atoms with E-state index in [9.17, 15) is 4.79 Å². The Morgan fingerprint density at radius 3 is 2.67 bits per heavy atom. The predicted octanol–water partition coefficient (Wildman–Crippen LogP) is 1.81. The molecule has 0 bridgehead atoms. The summed E-state index contributed by atoms with van der Waals surface area (Å²) in [5.41, 5.74) is 2.65. The van der Waals surface area contributed by atoms with Gasteiger partial charge in [-0.25, -0.2) is 0 Å². The zero-order valence-electron chi connectivity index (χ0n) is 13.4. The Bertz CT molecular complexity index is 469. The SMILES string of the molecule is Cc1ccccc1C(C)N(C)CCC(=O)N1CCNCC1. The van der Waals surface area contributed by atoms with Gasteiger partial charge in [0.1, 0.15) is 0 Å². The minimum atomic E-state index is 0.278. The lowest BCUT2D eigenvalue weighted by atomic mass is 10.0. The van der Waals surface area contributed by atoms with Crippen LogP contribution >= 0.6 is 0 Å². The Hall–Kier alpha value is -1.39. The fraction of sp³-hybridized carbons (Fsp3) is 0.588. The molecule has 1 heterocycles. The number of amides is 1. The summed E-state index contributed by atoms with van der Waals surface area (Å²) in [6.07, 6.45) is 0.604. The molecule has 1 fully saturated rings. The zero-order valence-corrected chi connectivity index (χ0v) is 13.4. The molecule has 1 unspecified atom stereocenters. The first-order chi connectivity index (χ1) is 10.1. The van der Waals surface area contributed by atoms with E-state index >= 15 is 0 Å². The van der Waals surface area contributed by atoms with Gasteiger partial charge in [0, 0.05) is 45.2 Å². The van der Waals surface area contributed by atoms with E-state index in [4.69, 9.17) is 0 Å². The van der Waals surface area contributed by atoms with E-state index in [-0.39, 0.29) is 5.91 Å². The molecular weight excluding hydrogens is 262 g/mol. The number of hydrogen-bond donors (Lipinski definition) is 1. The van der Waals surface area contributed by atoms with E-state index in [0.29, 0.717) is 12.5 Å². The molecule has 1 atom stereocenters. The van der Waals surface area contributed by atoms with Crippen molar-refractivity contribution in [2.45, 2.75) is 26.3 Å². The first kappa shape index (κ1) is 16.0. The van der Waals surface area contributed by atoms with Crippen molar-refractivity contribution in [3.63, 3.8) is 0 Å². The van der Waals surface area contributed by atoms with Gasteiger partial charge >= 0.3 is 0 Å². The van der Waals surface area contributed by atoms with Crippen LogP contribution in [-0.2, 0) is 4.79 Å². The van der Waals surface area contributed by atoms with Gasteiger partial charge in [0.05, 0.1) is 0 Å². The van der Waals surface area contributed by atoms with Crippen LogP contribution in [0.3, 0.4) is 0 Å². The van der Waals surface area contributed by atoms with Gasteiger partial charge in [-0.2, -0.15) is 0 Å². The summed E-state index contributed by atoms with van der Waals surface area (Å²) >= 11 is 0. The van der Waals surface area contributed by atoms with Crippen molar-refractivity contribution in [2.75, 3.05) is 39.8 Å². The molecular formula is C17H27N3O. The van der Waals surface area contributed by atoms with Crippen LogP contribution in [0.1, 0.15) is 30.5 Å². The van der Waals surface area contributed by atoms with E-state index < -0.39 is 0 Å². The molecule has 1 N–H and O–H groups in total. The number of carbonyl (C=O) groups is 1. The second-order valence-electron chi connectivity index (χ2n) is 5.89. The summed E-state index contributed by atoms with van der Waals surface area (Å²) in [6, 6.07) is 8.81. The molecule has 1 aliphatic heterocycles. The fourth-order valence-electron chi connectivity index (χ4n) is 2.83. The van der Waals surface area contributed by atoms with E-state index in [1.165, 1.54) is 11.1 Å². The third-order valence-electron chi connectivity index (χ3n) is 4.45. The van der Waals surface area contributed by atoms with Crippen molar-refractivity contribution < 1.29 is 4.79 Å². The number of nitrogens with zero attached hydrogens (tertiary/aromatic N) is 2. The van der Waals surface area contributed by atoms with Crippen molar-refractivity contribution in [1.82, 2.24) is 15.1 Å². The molecule has 21 heavy (non-hydrogen) atoms. The Kier molecular flexibility index (Phi) is 5.76. The second-order valence-corrected chi connectivity index (χ2v) is 5.89. The number of nitrogens with one attached hydrogen (secondary N) is 1. The molecule has 1 aliphatic rings. The van der Waals surface area contributed by atoms with Crippen molar-refractivity contribution in [3.8, 4) is 0 Å². The number of benzene rings is 1. The molecule has 4 heteroatoms.